The Morgan fingerprint density at radius 2 is 2.31 bits per heavy atom. The summed E-state index contributed by atoms with van der Waals surface area (Å²) in [5.41, 5.74) is 1.18. The zero-order valence-electron chi connectivity index (χ0n) is 10.2. The standard InChI is InChI=1S/C13H19NO2/c1-5-8-10-11(14-15)9-13(4,7-3)16-12(10)6-2/h5-6,8,15H,1,7,9H2,2-4H3/b10-8-,12-6+,14-11+. The minimum absolute atomic E-state index is 0.290. The molecule has 0 aliphatic carbocycles. The first-order valence-electron chi connectivity index (χ1n) is 5.50. The lowest BCUT2D eigenvalue weighted by atomic mass is 9.88. The Bertz CT molecular complexity index is 340. The molecule has 0 aromatic rings. The van der Waals surface area contributed by atoms with Crippen LogP contribution in [-0.2, 0) is 4.74 Å². The van der Waals surface area contributed by atoms with Crippen LogP contribution in [0.1, 0.15) is 33.6 Å². The Labute approximate surface area is 96.8 Å². The van der Waals surface area contributed by atoms with E-state index in [1.807, 2.05) is 19.9 Å². The lowest BCUT2D eigenvalue weighted by molar-refractivity contribution is 0.0183. The van der Waals surface area contributed by atoms with Crippen LogP contribution in [0.5, 0.6) is 0 Å². The molecular formula is C13H19NO2. The molecule has 1 aliphatic heterocycles. The van der Waals surface area contributed by atoms with Crippen molar-refractivity contribution in [2.45, 2.75) is 39.2 Å². The van der Waals surface area contributed by atoms with Crippen LogP contribution < -0.4 is 0 Å². The average Bonchev–Trinajstić information content (AvgIpc) is 2.31. The SMILES string of the molecule is C=C/C=C1C(=C/C)\OC(C)(CC)CC\1=N/O. The number of nitrogens with zero attached hydrogens (tertiary/aromatic N) is 1. The molecule has 3 heteroatoms. The van der Waals surface area contributed by atoms with E-state index in [1.165, 1.54) is 0 Å². The van der Waals surface area contributed by atoms with Gasteiger partial charge in [-0.1, -0.05) is 24.7 Å². The lowest BCUT2D eigenvalue weighted by Crippen LogP contribution is -2.37. The van der Waals surface area contributed by atoms with E-state index >= 15 is 0 Å². The molecule has 1 N–H and O–H groups in total. The molecule has 1 unspecified atom stereocenters. The molecule has 0 aromatic carbocycles. The number of allylic oxidation sites excluding steroid dienone is 4. The second-order valence-electron chi connectivity index (χ2n) is 4.10. The molecule has 16 heavy (non-hydrogen) atoms. The van der Waals surface area contributed by atoms with E-state index in [4.69, 9.17) is 9.94 Å². The van der Waals surface area contributed by atoms with Crippen LogP contribution in [-0.4, -0.2) is 16.5 Å². The highest BCUT2D eigenvalue weighted by atomic mass is 16.5. The summed E-state index contributed by atoms with van der Waals surface area (Å²) < 4.78 is 5.92. The normalized spacial score (nSPS) is 33.1. The van der Waals surface area contributed by atoms with E-state index in [2.05, 4.69) is 18.7 Å². The second kappa shape index (κ2) is 5.01. The average molecular weight is 221 g/mol. The van der Waals surface area contributed by atoms with Gasteiger partial charge in [0, 0.05) is 12.0 Å². The Balaban J connectivity index is 3.17. The highest BCUT2D eigenvalue weighted by Gasteiger charge is 2.35. The first-order chi connectivity index (χ1) is 7.60. The van der Waals surface area contributed by atoms with Gasteiger partial charge in [0.1, 0.15) is 11.4 Å². The Morgan fingerprint density at radius 1 is 1.62 bits per heavy atom. The topological polar surface area (TPSA) is 41.8 Å². The summed E-state index contributed by atoms with van der Waals surface area (Å²) >= 11 is 0. The summed E-state index contributed by atoms with van der Waals surface area (Å²) in [5, 5.41) is 12.4. The quantitative estimate of drug-likeness (QED) is 0.573. The van der Waals surface area contributed by atoms with Gasteiger partial charge in [0.25, 0.3) is 0 Å². The largest absolute Gasteiger partial charge is 0.487 e. The molecular weight excluding hydrogens is 202 g/mol. The predicted molar refractivity (Wildman–Crippen MR) is 65.7 cm³/mol. The van der Waals surface area contributed by atoms with Gasteiger partial charge in [0.2, 0.25) is 0 Å². The maximum absolute atomic E-state index is 9.06. The molecule has 1 aliphatic rings. The molecule has 0 aromatic heterocycles. The maximum Gasteiger partial charge on any atom is 0.125 e. The van der Waals surface area contributed by atoms with Crippen LogP contribution in [0.4, 0.5) is 0 Å². The first-order valence-corrected chi connectivity index (χ1v) is 5.50. The van der Waals surface area contributed by atoms with E-state index in [0.29, 0.717) is 12.1 Å². The van der Waals surface area contributed by atoms with Crippen LogP contribution in [0.2, 0.25) is 0 Å². The monoisotopic (exact) mass is 221 g/mol. The Kier molecular flexibility index (Phi) is 3.93. The molecule has 1 rings (SSSR count). The van der Waals surface area contributed by atoms with Crippen LogP contribution in [0.15, 0.2) is 41.3 Å². The highest BCUT2D eigenvalue weighted by molar-refractivity contribution is 6.04. The molecule has 3 nitrogen and oxygen atoms in total. The minimum Gasteiger partial charge on any atom is -0.487 e. The summed E-state index contributed by atoms with van der Waals surface area (Å²) in [4.78, 5) is 0. The predicted octanol–water partition coefficient (Wildman–Crippen LogP) is 3.42. The zero-order chi connectivity index (χ0) is 12.2. The van der Waals surface area contributed by atoms with Crippen LogP contribution in [0.25, 0.3) is 0 Å². The van der Waals surface area contributed by atoms with Crippen molar-refractivity contribution in [3.05, 3.63) is 36.1 Å². The van der Waals surface area contributed by atoms with Gasteiger partial charge >= 0.3 is 0 Å². The van der Waals surface area contributed by atoms with Crippen molar-refractivity contribution in [3.63, 3.8) is 0 Å². The Hall–Kier alpha value is -1.51. The highest BCUT2D eigenvalue weighted by Crippen LogP contribution is 2.34. The van der Waals surface area contributed by atoms with E-state index in [1.54, 1.807) is 12.2 Å². The molecule has 1 heterocycles. The van der Waals surface area contributed by atoms with Gasteiger partial charge in [0.15, 0.2) is 0 Å². The third-order valence-corrected chi connectivity index (χ3v) is 2.89. The van der Waals surface area contributed by atoms with Gasteiger partial charge in [0.05, 0.1) is 5.71 Å². The third kappa shape index (κ3) is 2.35. The fourth-order valence-electron chi connectivity index (χ4n) is 1.75. The first kappa shape index (κ1) is 12.6. The van der Waals surface area contributed by atoms with Crippen molar-refractivity contribution >= 4 is 5.71 Å². The summed E-state index contributed by atoms with van der Waals surface area (Å²) in [5.74, 6) is 0.753. The van der Waals surface area contributed by atoms with E-state index in [0.717, 1.165) is 17.8 Å². The van der Waals surface area contributed by atoms with Crippen molar-refractivity contribution in [1.29, 1.82) is 0 Å². The summed E-state index contributed by atoms with van der Waals surface area (Å²) in [6, 6.07) is 0. The summed E-state index contributed by atoms with van der Waals surface area (Å²) in [7, 11) is 0. The molecule has 0 amide bonds. The van der Waals surface area contributed by atoms with Gasteiger partial charge < -0.3 is 9.94 Å². The van der Waals surface area contributed by atoms with E-state index in [-0.39, 0.29) is 5.60 Å². The van der Waals surface area contributed by atoms with Gasteiger partial charge in [-0.2, -0.15) is 0 Å². The minimum atomic E-state index is -0.290. The summed E-state index contributed by atoms with van der Waals surface area (Å²) in [6.07, 6.45) is 6.83. The van der Waals surface area contributed by atoms with Crippen molar-refractivity contribution < 1.29 is 9.94 Å². The zero-order valence-corrected chi connectivity index (χ0v) is 10.2. The van der Waals surface area contributed by atoms with E-state index < -0.39 is 0 Å². The fraction of sp³-hybridized carbons (Fsp3) is 0.462. The number of ether oxygens (including phenoxy) is 1. The van der Waals surface area contributed by atoms with Crippen molar-refractivity contribution in [3.8, 4) is 0 Å². The van der Waals surface area contributed by atoms with Crippen molar-refractivity contribution in [2.75, 3.05) is 0 Å². The lowest BCUT2D eigenvalue weighted by Gasteiger charge is -2.36. The number of rotatable bonds is 2. The molecule has 0 saturated carbocycles. The molecule has 88 valence electrons. The number of hydrogen-bond donors (Lipinski definition) is 1. The third-order valence-electron chi connectivity index (χ3n) is 2.89. The van der Waals surface area contributed by atoms with E-state index in [9.17, 15) is 0 Å². The fourth-order valence-corrected chi connectivity index (χ4v) is 1.75. The van der Waals surface area contributed by atoms with Crippen LogP contribution in [0.3, 0.4) is 0 Å². The number of oxime groups is 1. The van der Waals surface area contributed by atoms with Crippen molar-refractivity contribution in [1.82, 2.24) is 0 Å². The Morgan fingerprint density at radius 3 is 2.75 bits per heavy atom. The van der Waals surface area contributed by atoms with Gasteiger partial charge in [-0.25, -0.2) is 0 Å². The number of hydrogen-bond acceptors (Lipinski definition) is 3. The second-order valence-corrected chi connectivity index (χ2v) is 4.10. The smallest absolute Gasteiger partial charge is 0.125 e. The molecule has 0 radical (unpaired) electrons. The van der Waals surface area contributed by atoms with Crippen molar-refractivity contribution in [2.24, 2.45) is 5.16 Å². The molecule has 1 atom stereocenters. The van der Waals surface area contributed by atoms with Gasteiger partial charge in [-0.05, 0) is 32.4 Å². The van der Waals surface area contributed by atoms with Gasteiger partial charge in [-0.3, -0.25) is 0 Å². The molecule has 1 fully saturated rings. The maximum atomic E-state index is 9.06. The molecule has 1 saturated heterocycles. The van der Waals surface area contributed by atoms with Crippen LogP contribution in [0, 0.1) is 0 Å². The summed E-state index contributed by atoms with van der Waals surface area (Å²) in [6.45, 7) is 9.64. The molecule has 0 bridgehead atoms. The molecule has 0 spiro atoms. The van der Waals surface area contributed by atoms with Crippen LogP contribution >= 0.6 is 0 Å². The van der Waals surface area contributed by atoms with Gasteiger partial charge in [-0.15, -0.1) is 0 Å².